The number of hydrogen-bond donors (Lipinski definition) is 1. The molecule has 1 amide bonds. The van der Waals surface area contributed by atoms with Crippen molar-refractivity contribution in [3.05, 3.63) is 47.8 Å². The lowest BCUT2D eigenvalue weighted by Crippen LogP contribution is -2.28. The molecule has 1 aliphatic carbocycles. The van der Waals surface area contributed by atoms with Crippen LogP contribution in [-0.2, 0) is 15.8 Å². The maximum Gasteiger partial charge on any atom is 0.237 e. The van der Waals surface area contributed by atoms with Gasteiger partial charge in [-0.1, -0.05) is 6.07 Å². The Labute approximate surface area is 169 Å². The average Bonchev–Trinajstić information content (AvgIpc) is 3.48. The Hall–Kier alpha value is -2.99. The molecule has 0 unspecified atom stereocenters. The van der Waals surface area contributed by atoms with E-state index >= 15 is 0 Å². The van der Waals surface area contributed by atoms with Crippen LogP contribution >= 0.6 is 0 Å². The van der Waals surface area contributed by atoms with Crippen molar-refractivity contribution >= 4 is 22.5 Å². The lowest BCUT2D eigenvalue weighted by atomic mass is 9.91. The molecule has 1 saturated carbocycles. The maximum absolute atomic E-state index is 12.8. The molecule has 0 radical (unpaired) electrons. The standard InChI is InChI=1S/C23H23N3O3/c1-22(2,28)16-10-14(11-25-20(16)29-4)13-5-6-17-15(9-13)19-18(12-24-17)26(3)21(27)23(19)7-8-23/h5-6,9-12,28H,7-8H2,1-4H3. The fourth-order valence-electron chi connectivity index (χ4n) is 4.46. The first-order valence-corrected chi connectivity index (χ1v) is 9.75. The van der Waals surface area contributed by atoms with E-state index in [0.29, 0.717) is 11.4 Å². The quantitative estimate of drug-likeness (QED) is 0.742. The molecule has 1 fully saturated rings. The van der Waals surface area contributed by atoms with E-state index in [1.807, 2.05) is 31.4 Å². The number of anilines is 1. The zero-order valence-corrected chi connectivity index (χ0v) is 17.0. The summed E-state index contributed by atoms with van der Waals surface area (Å²) in [6, 6.07) is 7.98. The number of fused-ring (bicyclic) bond motifs is 4. The Kier molecular flexibility index (Phi) is 3.59. The highest BCUT2D eigenvalue weighted by Crippen LogP contribution is 2.58. The van der Waals surface area contributed by atoms with Gasteiger partial charge >= 0.3 is 0 Å². The molecule has 0 bridgehead atoms. The summed E-state index contributed by atoms with van der Waals surface area (Å²) < 4.78 is 5.33. The molecule has 2 aromatic heterocycles. The van der Waals surface area contributed by atoms with Crippen LogP contribution in [0.2, 0.25) is 0 Å². The highest BCUT2D eigenvalue weighted by Gasteiger charge is 2.59. The number of amides is 1. The summed E-state index contributed by atoms with van der Waals surface area (Å²) >= 11 is 0. The number of benzene rings is 1. The normalized spacial score (nSPS) is 17.1. The number of nitrogens with zero attached hydrogens (tertiary/aromatic N) is 3. The molecular weight excluding hydrogens is 366 g/mol. The van der Waals surface area contributed by atoms with E-state index in [-0.39, 0.29) is 11.3 Å². The van der Waals surface area contributed by atoms with Crippen molar-refractivity contribution in [3.63, 3.8) is 0 Å². The van der Waals surface area contributed by atoms with Crippen molar-refractivity contribution in [2.45, 2.75) is 37.7 Å². The number of aliphatic hydroxyl groups is 1. The Balaban J connectivity index is 1.71. The molecule has 0 saturated heterocycles. The smallest absolute Gasteiger partial charge is 0.237 e. The monoisotopic (exact) mass is 389 g/mol. The van der Waals surface area contributed by atoms with Gasteiger partial charge in [-0.3, -0.25) is 9.78 Å². The lowest BCUT2D eigenvalue weighted by Gasteiger charge is -2.21. The second kappa shape index (κ2) is 5.76. The van der Waals surface area contributed by atoms with E-state index in [9.17, 15) is 9.90 Å². The van der Waals surface area contributed by atoms with Gasteiger partial charge in [-0.05, 0) is 50.5 Å². The van der Waals surface area contributed by atoms with Gasteiger partial charge in [0.15, 0.2) is 0 Å². The third kappa shape index (κ3) is 2.48. The fourth-order valence-corrected chi connectivity index (χ4v) is 4.46. The Morgan fingerprint density at radius 3 is 2.55 bits per heavy atom. The number of carbonyl (C=O) groups is 1. The van der Waals surface area contributed by atoms with Gasteiger partial charge in [0.1, 0.15) is 0 Å². The number of hydrogen-bond acceptors (Lipinski definition) is 5. The molecule has 2 aliphatic rings. The zero-order chi connectivity index (χ0) is 20.6. The topological polar surface area (TPSA) is 75.6 Å². The molecule has 6 nitrogen and oxygen atoms in total. The molecule has 1 aliphatic heterocycles. The first-order valence-electron chi connectivity index (χ1n) is 9.75. The Bertz CT molecular complexity index is 1180. The Morgan fingerprint density at radius 1 is 1.14 bits per heavy atom. The number of ether oxygens (including phenoxy) is 1. The van der Waals surface area contributed by atoms with Crippen LogP contribution in [0.4, 0.5) is 5.69 Å². The van der Waals surface area contributed by atoms with Crippen molar-refractivity contribution in [2.24, 2.45) is 0 Å². The highest BCUT2D eigenvalue weighted by atomic mass is 16.5. The van der Waals surface area contributed by atoms with Crippen molar-refractivity contribution in [1.82, 2.24) is 9.97 Å². The van der Waals surface area contributed by atoms with Gasteiger partial charge < -0.3 is 14.7 Å². The molecule has 29 heavy (non-hydrogen) atoms. The summed E-state index contributed by atoms with van der Waals surface area (Å²) in [6.45, 7) is 3.43. The molecule has 1 N–H and O–H groups in total. The second-order valence-corrected chi connectivity index (χ2v) is 8.54. The van der Waals surface area contributed by atoms with Gasteiger partial charge in [0.05, 0.1) is 35.5 Å². The summed E-state index contributed by atoms with van der Waals surface area (Å²) in [6.07, 6.45) is 5.33. The number of rotatable bonds is 3. The average molecular weight is 389 g/mol. The summed E-state index contributed by atoms with van der Waals surface area (Å²) in [5, 5.41) is 11.5. The van der Waals surface area contributed by atoms with Crippen LogP contribution in [0.1, 0.15) is 37.8 Å². The van der Waals surface area contributed by atoms with Crippen molar-refractivity contribution in [2.75, 3.05) is 19.1 Å². The van der Waals surface area contributed by atoms with Crippen LogP contribution in [0.15, 0.2) is 36.7 Å². The van der Waals surface area contributed by atoms with Crippen LogP contribution in [0.3, 0.4) is 0 Å². The van der Waals surface area contributed by atoms with Crippen LogP contribution in [-0.4, -0.2) is 35.1 Å². The van der Waals surface area contributed by atoms with E-state index in [1.165, 1.54) is 0 Å². The first kappa shape index (κ1) is 18.1. The van der Waals surface area contributed by atoms with Crippen LogP contribution in [0.5, 0.6) is 5.88 Å². The molecular formula is C23H23N3O3. The summed E-state index contributed by atoms with van der Waals surface area (Å²) in [7, 11) is 3.37. The second-order valence-electron chi connectivity index (χ2n) is 8.54. The van der Waals surface area contributed by atoms with Gasteiger partial charge in [0.25, 0.3) is 0 Å². The number of likely N-dealkylation sites (N-methyl/N-ethyl adjacent to an activating group) is 1. The number of pyridine rings is 2. The van der Waals surface area contributed by atoms with Crippen LogP contribution in [0, 0.1) is 0 Å². The molecule has 1 aromatic carbocycles. The van der Waals surface area contributed by atoms with Gasteiger partial charge in [-0.15, -0.1) is 0 Å². The minimum absolute atomic E-state index is 0.169. The van der Waals surface area contributed by atoms with E-state index in [1.54, 1.807) is 32.1 Å². The fraction of sp³-hybridized carbons (Fsp3) is 0.348. The molecule has 0 atom stereocenters. The largest absolute Gasteiger partial charge is 0.481 e. The van der Waals surface area contributed by atoms with E-state index < -0.39 is 5.60 Å². The zero-order valence-electron chi connectivity index (χ0n) is 17.0. The van der Waals surface area contributed by atoms with E-state index in [0.717, 1.165) is 46.1 Å². The van der Waals surface area contributed by atoms with Crippen molar-refractivity contribution in [3.8, 4) is 17.0 Å². The predicted molar refractivity (Wildman–Crippen MR) is 111 cm³/mol. The number of aromatic nitrogens is 2. The predicted octanol–water partition coefficient (Wildman–Crippen LogP) is 3.54. The Morgan fingerprint density at radius 2 is 1.90 bits per heavy atom. The molecule has 3 heterocycles. The van der Waals surface area contributed by atoms with Gasteiger partial charge in [-0.2, -0.15) is 0 Å². The van der Waals surface area contributed by atoms with Crippen LogP contribution in [0.25, 0.3) is 22.0 Å². The summed E-state index contributed by atoms with van der Waals surface area (Å²) in [5.74, 6) is 0.580. The summed E-state index contributed by atoms with van der Waals surface area (Å²) in [4.78, 5) is 23.5. The molecule has 5 rings (SSSR count). The lowest BCUT2D eigenvalue weighted by molar-refractivity contribution is -0.119. The SMILES string of the molecule is COc1ncc(-c2ccc3ncc4c(c3c2)C2(CC2)C(=O)N4C)cc1C(C)(C)O. The molecule has 6 heteroatoms. The highest BCUT2D eigenvalue weighted by molar-refractivity contribution is 6.14. The minimum atomic E-state index is -1.08. The summed E-state index contributed by atoms with van der Waals surface area (Å²) in [5.41, 5.74) is 3.90. The van der Waals surface area contributed by atoms with Gasteiger partial charge in [0.2, 0.25) is 11.8 Å². The molecule has 148 valence electrons. The maximum atomic E-state index is 12.8. The van der Waals surface area contributed by atoms with Crippen molar-refractivity contribution in [1.29, 1.82) is 0 Å². The number of methoxy groups -OCH3 is 1. The number of carbonyl (C=O) groups excluding carboxylic acids is 1. The van der Waals surface area contributed by atoms with Gasteiger partial charge in [-0.25, -0.2) is 4.98 Å². The third-order valence-corrected chi connectivity index (χ3v) is 6.19. The minimum Gasteiger partial charge on any atom is -0.481 e. The van der Waals surface area contributed by atoms with E-state index in [2.05, 4.69) is 16.0 Å². The molecule has 3 aromatic rings. The first-order chi connectivity index (χ1) is 13.8. The van der Waals surface area contributed by atoms with Crippen LogP contribution < -0.4 is 9.64 Å². The van der Waals surface area contributed by atoms with E-state index in [4.69, 9.17) is 4.74 Å². The third-order valence-electron chi connectivity index (χ3n) is 6.19. The van der Waals surface area contributed by atoms with Crippen molar-refractivity contribution < 1.29 is 14.6 Å². The molecule has 1 spiro atoms. The van der Waals surface area contributed by atoms with Gasteiger partial charge in [0, 0.05) is 35.3 Å².